The minimum Gasteiger partial charge on any atom is -0.378 e. The number of nitrogens with zero attached hydrogens (tertiary/aromatic N) is 3. The molecular formula is C22H36IN5O2. The zero-order valence-electron chi connectivity index (χ0n) is 18.2. The molecule has 0 saturated carbocycles. The molecule has 2 heterocycles. The van der Waals surface area contributed by atoms with E-state index in [9.17, 15) is 4.79 Å². The number of likely N-dealkylation sites (tertiary alicyclic amines) is 1. The number of likely N-dealkylation sites (N-methyl/N-ethyl adjacent to an activating group) is 1. The minimum atomic E-state index is -0.244. The third kappa shape index (κ3) is 6.81. The van der Waals surface area contributed by atoms with Gasteiger partial charge in [-0.2, -0.15) is 0 Å². The highest BCUT2D eigenvalue weighted by molar-refractivity contribution is 14.0. The SMILES string of the molecule is CCN1CCCC1CNC(=NC)NCC(C(=O)N1CCOCC1)c1ccccc1.I. The van der Waals surface area contributed by atoms with Gasteiger partial charge in [0.15, 0.2) is 5.96 Å². The summed E-state index contributed by atoms with van der Waals surface area (Å²) in [6.07, 6.45) is 2.48. The van der Waals surface area contributed by atoms with Crippen LogP contribution < -0.4 is 10.6 Å². The zero-order chi connectivity index (χ0) is 20.5. The summed E-state index contributed by atoms with van der Waals surface area (Å²) in [5, 5.41) is 6.84. The van der Waals surface area contributed by atoms with Crippen molar-refractivity contribution in [1.29, 1.82) is 0 Å². The number of rotatable bonds is 7. The third-order valence-corrected chi connectivity index (χ3v) is 5.93. The Kier molecular flexibility index (Phi) is 10.9. The molecule has 2 N–H and O–H groups in total. The number of hydrogen-bond acceptors (Lipinski definition) is 4. The Balaban J connectivity index is 0.00000320. The molecule has 0 aliphatic carbocycles. The number of halogens is 1. The third-order valence-electron chi connectivity index (χ3n) is 5.93. The molecule has 1 aromatic carbocycles. The molecular weight excluding hydrogens is 493 g/mol. The Morgan fingerprint density at radius 3 is 2.60 bits per heavy atom. The van der Waals surface area contributed by atoms with Crippen LogP contribution in [0.15, 0.2) is 35.3 Å². The molecule has 3 rings (SSSR count). The van der Waals surface area contributed by atoms with Crippen LogP contribution in [-0.2, 0) is 9.53 Å². The van der Waals surface area contributed by atoms with Gasteiger partial charge in [-0.3, -0.25) is 14.7 Å². The molecule has 2 aliphatic heterocycles. The number of amides is 1. The van der Waals surface area contributed by atoms with E-state index in [2.05, 4.69) is 27.4 Å². The number of carbonyl (C=O) groups excluding carboxylic acids is 1. The van der Waals surface area contributed by atoms with E-state index in [4.69, 9.17) is 4.74 Å². The highest BCUT2D eigenvalue weighted by atomic mass is 127. The van der Waals surface area contributed by atoms with E-state index in [0.717, 1.165) is 24.6 Å². The van der Waals surface area contributed by atoms with Gasteiger partial charge in [-0.15, -0.1) is 24.0 Å². The molecule has 2 fully saturated rings. The lowest BCUT2D eigenvalue weighted by molar-refractivity contribution is -0.136. The molecule has 2 unspecified atom stereocenters. The summed E-state index contributed by atoms with van der Waals surface area (Å²) in [6, 6.07) is 10.6. The fourth-order valence-corrected chi connectivity index (χ4v) is 4.21. The van der Waals surface area contributed by atoms with Crippen LogP contribution in [0, 0.1) is 0 Å². The highest BCUT2D eigenvalue weighted by Gasteiger charge is 2.28. The van der Waals surface area contributed by atoms with E-state index in [0.29, 0.717) is 38.9 Å². The predicted octanol–water partition coefficient (Wildman–Crippen LogP) is 1.90. The summed E-state index contributed by atoms with van der Waals surface area (Å²) in [5.41, 5.74) is 1.03. The van der Waals surface area contributed by atoms with Crippen molar-refractivity contribution < 1.29 is 9.53 Å². The second-order valence-electron chi connectivity index (χ2n) is 7.66. The molecule has 0 radical (unpaired) electrons. The van der Waals surface area contributed by atoms with Crippen LogP contribution in [0.4, 0.5) is 0 Å². The summed E-state index contributed by atoms with van der Waals surface area (Å²) in [5.74, 6) is 0.658. The van der Waals surface area contributed by atoms with Crippen molar-refractivity contribution in [2.75, 3.05) is 59.5 Å². The molecule has 8 heteroatoms. The average Bonchev–Trinajstić information content (AvgIpc) is 3.24. The molecule has 1 amide bonds. The maximum atomic E-state index is 13.2. The smallest absolute Gasteiger partial charge is 0.232 e. The van der Waals surface area contributed by atoms with E-state index >= 15 is 0 Å². The fraction of sp³-hybridized carbons (Fsp3) is 0.636. The summed E-state index contributed by atoms with van der Waals surface area (Å²) in [4.78, 5) is 22.0. The van der Waals surface area contributed by atoms with Crippen LogP contribution in [-0.4, -0.2) is 87.2 Å². The maximum absolute atomic E-state index is 13.2. The summed E-state index contributed by atoms with van der Waals surface area (Å²) in [6.45, 7) is 8.41. The van der Waals surface area contributed by atoms with Gasteiger partial charge in [0, 0.05) is 39.3 Å². The topological polar surface area (TPSA) is 69.2 Å². The van der Waals surface area contributed by atoms with Crippen molar-refractivity contribution in [3.63, 3.8) is 0 Å². The van der Waals surface area contributed by atoms with Crippen molar-refractivity contribution in [1.82, 2.24) is 20.4 Å². The number of hydrogen-bond donors (Lipinski definition) is 2. The standard InChI is InChI=1S/C22H35N5O2.HI/c1-3-26-11-7-10-19(26)16-24-22(23-2)25-17-20(18-8-5-4-6-9-18)21(28)27-12-14-29-15-13-27;/h4-6,8-9,19-20H,3,7,10-17H2,1-2H3,(H2,23,24,25);1H. The lowest BCUT2D eigenvalue weighted by Gasteiger charge is -2.31. The number of nitrogens with one attached hydrogen (secondary N) is 2. The zero-order valence-corrected chi connectivity index (χ0v) is 20.5. The molecule has 168 valence electrons. The van der Waals surface area contributed by atoms with Crippen molar-refractivity contribution >= 4 is 35.8 Å². The molecule has 2 aliphatic rings. The van der Waals surface area contributed by atoms with Gasteiger partial charge in [-0.25, -0.2) is 0 Å². The van der Waals surface area contributed by atoms with Gasteiger partial charge in [0.1, 0.15) is 0 Å². The first-order chi connectivity index (χ1) is 14.2. The van der Waals surface area contributed by atoms with Crippen molar-refractivity contribution in [3.05, 3.63) is 35.9 Å². The molecule has 7 nitrogen and oxygen atoms in total. The molecule has 0 bridgehead atoms. The quantitative estimate of drug-likeness (QED) is 0.321. The van der Waals surface area contributed by atoms with Crippen molar-refractivity contribution in [3.8, 4) is 0 Å². The van der Waals surface area contributed by atoms with Crippen LogP contribution in [0.3, 0.4) is 0 Å². The Bertz CT molecular complexity index is 667. The maximum Gasteiger partial charge on any atom is 0.232 e. The molecule has 2 atom stereocenters. The van der Waals surface area contributed by atoms with E-state index in [1.165, 1.54) is 19.4 Å². The first-order valence-electron chi connectivity index (χ1n) is 10.8. The highest BCUT2D eigenvalue weighted by Crippen LogP contribution is 2.19. The van der Waals surface area contributed by atoms with E-state index in [-0.39, 0.29) is 35.8 Å². The largest absolute Gasteiger partial charge is 0.378 e. The van der Waals surface area contributed by atoms with Crippen LogP contribution >= 0.6 is 24.0 Å². The Morgan fingerprint density at radius 1 is 1.20 bits per heavy atom. The van der Waals surface area contributed by atoms with Gasteiger partial charge >= 0.3 is 0 Å². The fourth-order valence-electron chi connectivity index (χ4n) is 4.21. The summed E-state index contributed by atoms with van der Waals surface area (Å²) < 4.78 is 5.41. The number of guanidine groups is 1. The first kappa shape index (κ1) is 24.9. The van der Waals surface area contributed by atoms with Crippen LogP contribution in [0.25, 0.3) is 0 Å². The van der Waals surface area contributed by atoms with Gasteiger partial charge < -0.3 is 20.3 Å². The van der Waals surface area contributed by atoms with Gasteiger partial charge in [-0.1, -0.05) is 37.3 Å². The lowest BCUT2D eigenvalue weighted by atomic mass is 9.97. The molecule has 30 heavy (non-hydrogen) atoms. The number of aliphatic imine (C=N–C) groups is 1. The second kappa shape index (κ2) is 13.1. The van der Waals surface area contributed by atoms with Crippen LogP contribution in [0.1, 0.15) is 31.2 Å². The lowest BCUT2D eigenvalue weighted by Crippen LogP contribution is -2.48. The normalized spacial score (nSPS) is 21.1. The molecule has 0 spiro atoms. The van der Waals surface area contributed by atoms with Crippen molar-refractivity contribution in [2.45, 2.75) is 31.7 Å². The van der Waals surface area contributed by atoms with Crippen molar-refractivity contribution in [2.24, 2.45) is 4.99 Å². The Hall–Kier alpha value is -1.39. The second-order valence-corrected chi connectivity index (χ2v) is 7.66. The number of morpholine rings is 1. The minimum absolute atomic E-state index is 0. The average molecular weight is 529 g/mol. The Labute approximate surface area is 197 Å². The van der Waals surface area contributed by atoms with Crippen LogP contribution in [0.2, 0.25) is 0 Å². The molecule has 2 saturated heterocycles. The van der Waals surface area contributed by atoms with E-state index in [1.807, 2.05) is 35.2 Å². The first-order valence-corrected chi connectivity index (χ1v) is 10.8. The Morgan fingerprint density at radius 2 is 1.93 bits per heavy atom. The summed E-state index contributed by atoms with van der Waals surface area (Å²) >= 11 is 0. The van der Waals surface area contributed by atoms with Gasteiger partial charge in [0.2, 0.25) is 5.91 Å². The van der Waals surface area contributed by atoms with E-state index in [1.54, 1.807) is 7.05 Å². The van der Waals surface area contributed by atoms with Crippen LogP contribution in [0.5, 0.6) is 0 Å². The summed E-state index contributed by atoms with van der Waals surface area (Å²) in [7, 11) is 1.78. The number of ether oxygens (including phenoxy) is 1. The van der Waals surface area contributed by atoms with Gasteiger partial charge in [0.25, 0.3) is 0 Å². The number of carbonyl (C=O) groups is 1. The van der Waals surface area contributed by atoms with E-state index < -0.39 is 0 Å². The monoisotopic (exact) mass is 529 g/mol. The van der Waals surface area contributed by atoms with Gasteiger partial charge in [-0.05, 0) is 31.5 Å². The predicted molar refractivity (Wildman–Crippen MR) is 132 cm³/mol. The number of benzene rings is 1. The molecule has 0 aromatic heterocycles. The molecule has 1 aromatic rings. The van der Waals surface area contributed by atoms with Gasteiger partial charge in [0.05, 0.1) is 19.1 Å².